The van der Waals surface area contributed by atoms with E-state index >= 15 is 0 Å². The van der Waals surface area contributed by atoms with Crippen LogP contribution in [0.3, 0.4) is 0 Å². The second-order valence-corrected chi connectivity index (χ2v) is 13.2. The Balaban J connectivity index is 0.000000407. The lowest BCUT2D eigenvalue weighted by atomic mass is 9.87. The molecule has 0 radical (unpaired) electrons. The summed E-state index contributed by atoms with van der Waals surface area (Å²) in [5.41, 5.74) is 3.31. The van der Waals surface area contributed by atoms with Crippen LogP contribution in [0.2, 0.25) is 0 Å². The first-order valence-corrected chi connectivity index (χ1v) is 13.6. The van der Waals surface area contributed by atoms with E-state index in [1.807, 2.05) is 0 Å². The fraction of sp³-hybridized carbons (Fsp3) is 0.536. The van der Waals surface area contributed by atoms with Crippen LogP contribution in [0.1, 0.15) is 98.1 Å². The number of aliphatic carboxylic acids is 1. The number of hydrogen-bond acceptors (Lipinski definition) is 2. The second-order valence-electron chi connectivity index (χ2n) is 10.1. The molecule has 3 heteroatoms. The minimum atomic E-state index is -0.920. The molecular weight excluding hydrogens is 495 g/mol. The Bertz CT molecular complexity index is 707. The molecule has 0 spiro atoms. The van der Waals surface area contributed by atoms with Gasteiger partial charge in [-0.1, -0.05) is 98.4 Å². The van der Waals surface area contributed by atoms with Crippen LogP contribution >= 0.6 is 0 Å². The molecule has 172 valence electrons. The van der Waals surface area contributed by atoms with Gasteiger partial charge in [-0.3, -0.25) is 0 Å². The van der Waals surface area contributed by atoms with E-state index in [4.69, 9.17) is 0 Å². The Morgan fingerprint density at radius 3 is 1.42 bits per heavy atom. The third-order valence-electron chi connectivity index (χ3n) is 5.12. The van der Waals surface area contributed by atoms with Crippen LogP contribution in [0.25, 0.3) is 0 Å². The molecule has 0 aliphatic rings. The van der Waals surface area contributed by atoms with Crippen molar-refractivity contribution < 1.29 is 31.1 Å². The van der Waals surface area contributed by atoms with Gasteiger partial charge in [0.15, 0.2) is 7.14 Å². The maximum absolute atomic E-state index is 9.92. The summed E-state index contributed by atoms with van der Waals surface area (Å²) >= 11 is -0.0703. The summed E-state index contributed by atoms with van der Waals surface area (Å²) in [4.78, 5) is 9.92. The Morgan fingerprint density at radius 1 is 0.710 bits per heavy atom. The highest BCUT2D eigenvalue weighted by Gasteiger charge is 2.20. The van der Waals surface area contributed by atoms with Crippen molar-refractivity contribution in [3.63, 3.8) is 0 Å². The zero-order chi connectivity index (χ0) is 23.5. The number of hydrogen-bond donors (Lipinski definition) is 0. The van der Waals surface area contributed by atoms with Crippen molar-refractivity contribution in [1.29, 1.82) is 0 Å². The zero-order valence-electron chi connectivity index (χ0n) is 20.6. The topological polar surface area (TPSA) is 40.1 Å². The van der Waals surface area contributed by atoms with Gasteiger partial charge in [-0.25, -0.2) is 0 Å². The molecule has 0 atom stereocenters. The van der Waals surface area contributed by atoms with E-state index in [2.05, 4.69) is 97.0 Å². The number of carboxylic acids is 1. The first-order valence-electron chi connectivity index (χ1n) is 11.5. The Hall–Kier alpha value is -1.36. The molecule has 0 unspecified atom stereocenters. The van der Waals surface area contributed by atoms with Crippen LogP contribution in [0.15, 0.2) is 48.5 Å². The SMILES string of the molecule is CC(C)(C)c1ccc([I+]c2ccc(C(C)(C)C)cc2)cc1.CCCCCCCC(=O)[O-]. The van der Waals surface area contributed by atoms with E-state index in [1.165, 1.54) is 31.1 Å². The molecule has 0 aliphatic carbocycles. The van der Waals surface area contributed by atoms with E-state index in [1.54, 1.807) is 0 Å². The maximum Gasteiger partial charge on any atom is 0.357 e. The number of carbonyl (C=O) groups is 1. The molecule has 2 nitrogen and oxygen atoms in total. The fourth-order valence-corrected chi connectivity index (χ4v) is 5.18. The average Bonchev–Trinajstić information content (AvgIpc) is 2.68. The molecule has 0 aliphatic heterocycles. The van der Waals surface area contributed by atoms with Crippen LogP contribution in [0.5, 0.6) is 0 Å². The molecular formula is C28H41IO2. The maximum atomic E-state index is 9.92. The normalized spacial score (nSPS) is 11.6. The molecule has 31 heavy (non-hydrogen) atoms. The van der Waals surface area contributed by atoms with Gasteiger partial charge in [-0.2, -0.15) is 0 Å². The molecule has 2 aromatic rings. The van der Waals surface area contributed by atoms with Gasteiger partial charge in [0.25, 0.3) is 0 Å². The van der Waals surface area contributed by atoms with Gasteiger partial charge in [-0.15, -0.1) is 0 Å². The van der Waals surface area contributed by atoms with Gasteiger partial charge in [0, 0.05) is 5.97 Å². The molecule has 0 saturated heterocycles. The fourth-order valence-electron chi connectivity index (χ4n) is 3.02. The van der Waals surface area contributed by atoms with Crippen molar-refractivity contribution in [3.05, 3.63) is 66.8 Å². The molecule has 0 heterocycles. The molecule has 0 saturated carbocycles. The van der Waals surface area contributed by atoms with Crippen molar-refractivity contribution in [1.82, 2.24) is 0 Å². The van der Waals surface area contributed by atoms with Gasteiger partial charge in [0.05, 0.1) is 0 Å². The van der Waals surface area contributed by atoms with Crippen molar-refractivity contribution in [3.8, 4) is 0 Å². The van der Waals surface area contributed by atoms with Crippen LogP contribution in [-0.4, -0.2) is 5.97 Å². The highest BCUT2D eigenvalue weighted by Crippen LogP contribution is 2.21. The summed E-state index contributed by atoms with van der Waals surface area (Å²) in [5.74, 6) is -0.920. The molecule has 0 fully saturated rings. The van der Waals surface area contributed by atoms with Crippen molar-refractivity contribution in [2.75, 3.05) is 0 Å². The van der Waals surface area contributed by atoms with Crippen LogP contribution < -0.4 is 26.3 Å². The summed E-state index contributed by atoms with van der Waals surface area (Å²) < 4.78 is 2.98. The summed E-state index contributed by atoms with van der Waals surface area (Å²) in [7, 11) is 0. The highest BCUT2D eigenvalue weighted by molar-refractivity contribution is 5.64. The van der Waals surface area contributed by atoms with Crippen molar-refractivity contribution in [2.45, 2.75) is 97.8 Å². The average molecular weight is 537 g/mol. The Morgan fingerprint density at radius 2 is 1.10 bits per heavy atom. The lowest BCUT2D eigenvalue weighted by Crippen LogP contribution is -3.61. The third-order valence-corrected chi connectivity index (χ3v) is 7.81. The predicted molar refractivity (Wildman–Crippen MR) is 126 cm³/mol. The first kappa shape index (κ1) is 27.7. The van der Waals surface area contributed by atoms with E-state index < -0.39 is 5.97 Å². The highest BCUT2D eigenvalue weighted by atomic mass is 127. The quantitative estimate of drug-likeness (QED) is 0.383. The lowest BCUT2D eigenvalue weighted by Gasteiger charge is -2.18. The Kier molecular flexibility index (Phi) is 11.8. The van der Waals surface area contributed by atoms with E-state index in [-0.39, 0.29) is 38.5 Å². The van der Waals surface area contributed by atoms with Crippen LogP contribution in [0.4, 0.5) is 0 Å². The number of carboxylic acid groups (broad SMARTS) is 1. The number of benzene rings is 2. The number of carbonyl (C=O) groups excluding carboxylic acids is 1. The van der Waals surface area contributed by atoms with Gasteiger partial charge >= 0.3 is 21.2 Å². The Labute approximate surface area is 201 Å². The van der Waals surface area contributed by atoms with Gasteiger partial charge in [0.2, 0.25) is 0 Å². The molecule has 2 aromatic carbocycles. The minimum absolute atomic E-state index is 0.0703. The molecule has 0 aromatic heterocycles. The third kappa shape index (κ3) is 11.7. The standard InChI is InChI=1S/C20H26I.C8H16O2/c1-19(2,3)15-7-11-17(12-8-15)21-18-13-9-16(10-14-18)20(4,5)6;1-2-3-4-5-6-7-8(9)10/h7-14H,1-6H3;2-7H2,1H3,(H,9,10)/q+1;/p-1. The summed E-state index contributed by atoms with van der Waals surface area (Å²) in [6, 6.07) is 18.4. The summed E-state index contributed by atoms with van der Waals surface area (Å²) in [6.45, 7) is 15.7. The van der Waals surface area contributed by atoms with Gasteiger partial charge in [-0.05, 0) is 59.1 Å². The number of rotatable bonds is 8. The van der Waals surface area contributed by atoms with Gasteiger partial charge < -0.3 is 9.90 Å². The summed E-state index contributed by atoms with van der Waals surface area (Å²) in [5, 5.41) is 9.92. The van der Waals surface area contributed by atoms with Crippen LogP contribution in [0, 0.1) is 7.14 Å². The molecule has 0 N–H and O–H groups in total. The van der Waals surface area contributed by atoms with E-state index in [0.717, 1.165) is 19.3 Å². The number of unbranched alkanes of at least 4 members (excludes halogenated alkanes) is 4. The molecule has 0 bridgehead atoms. The zero-order valence-corrected chi connectivity index (χ0v) is 22.7. The monoisotopic (exact) mass is 536 g/mol. The van der Waals surface area contributed by atoms with E-state index in [9.17, 15) is 9.90 Å². The largest absolute Gasteiger partial charge is 0.550 e. The minimum Gasteiger partial charge on any atom is -0.550 e. The predicted octanol–water partition coefficient (Wildman–Crippen LogP) is 3.51. The van der Waals surface area contributed by atoms with Crippen LogP contribution in [-0.2, 0) is 15.6 Å². The van der Waals surface area contributed by atoms with Gasteiger partial charge in [0.1, 0.15) is 0 Å². The first-order chi connectivity index (χ1) is 14.4. The molecule has 2 rings (SSSR count). The summed E-state index contributed by atoms with van der Waals surface area (Å²) in [6.07, 6.45) is 5.61. The van der Waals surface area contributed by atoms with Crippen molar-refractivity contribution in [2.24, 2.45) is 0 Å². The van der Waals surface area contributed by atoms with Crippen molar-refractivity contribution >= 4 is 5.97 Å². The second kappa shape index (κ2) is 13.2. The number of halogens is 1. The van der Waals surface area contributed by atoms with E-state index in [0.29, 0.717) is 0 Å². The lowest BCUT2D eigenvalue weighted by molar-refractivity contribution is -0.597. The molecule has 0 amide bonds. The smallest absolute Gasteiger partial charge is 0.357 e.